The highest BCUT2D eigenvalue weighted by molar-refractivity contribution is 7.38. The summed E-state index contributed by atoms with van der Waals surface area (Å²) in [5.41, 5.74) is 5.48. The lowest BCUT2D eigenvalue weighted by molar-refractivity contribution is 0.667. The Balaban J connectivity index is 1.20. The van der Waals surface area contributed by atoms with Gasteiger partial charge in [-0.3, -0.25) is 0 Å². The Kier molecular flexibility index (Phi) is 10.3. The molecule has 0 saturated heterocycles. The summed E-state index contributed by atoms with van der Waals surface area (Å²) in [7, 11) is 0. The van der Waals surface area contributed by atoms with E-state index >= 15 is 0 Å². The summed E-state index contributed by atoms with van der Waals surface area (Å²) in [6.07, 6.45) is 22.1. The first-order valence-corrected chi connectivity index (χ1v) is 17.2. The first kappa shape index (κ1) is 28.1. The molecule has 39 heavy (non-hydrogen) atoms. The lowest BCUT2D eigenvalue weighted by Crippen LogP contribution is -1.85. The Labute approximate surface area is 246 Å². The maximum atomic E-state index is 2.36. The van der Waals surface area contributed by atoms with Crippen LogP contribution in [-0.2, 0) is 12.8 Å². The Morgan fingerprint density at radius 1 is 0.487 bits per heavy atom. The molecule has 202 valence electrons. The third-order valence-corrected chi connectivity index (χ3v) is 11.0. The standard InChI is InChI=1S/C36H40S3/c1-3-5-7-9-11-27-13-17-29(18-14-27)21-23-31-25-33-35(37-31)36-34(39-33)26-32(38-36)24-22-30-19-15-28(16-20-30)12-10-8-6-4-2/h13-26H,3-12H2,1-2H3/b23-21+,24-22+. The molecule has 3 heteroatoms. The van der Waals surface area contributed by atoms with Gasteiger partial charge in [0.25, 0.3) is 0 Å². The topological polar surface area (TPSA) is 0 Å². The van der Waals surface area contributed by atoms with Crippen molar-refractivity contribution >= 4 is 77.1 Å². The molecule has 3 heterocycles. The van der Waals surface area contributed by atoms with Gasteiger partial charge < -0.3 is 0 Å². The van der Waals surface area contributed by atoms with E-state index in [4.69, 9.17) is 0 Å². The van der Waals surface area contributed by atoms with Crippen molar-refractivity contribution in [3.63, 3.8) is 0 Å². The zero-order valence-corrected chi connectivity index (χ0v) is 25.8. The maximum Gasteiger partial charge on any atom is 0.0635 e. The van der Waals surface area contributed by atoms with Gasteiger partial charge in [0, 0.05) is 19.2 Å². The molecule has 0 radical (unpaired) electrons. The maximum absolute atomic E-state index is 2.36. The second-order valence-electron chi connectivity index (χ2n) is 10.6. The van der Waals surface area contributed by atoms with Gasteiger partial charge in [0.15, 0.2) is 0 Å². The largest absolute Gasteiger partial charge is 0.133 e. The highest BCUT2D eigenvalue weighted by Gasteiger charge is 2.11. The number of benzene rings is 2. The number of aryl methyl sites for hydroxylation is 2. The van der Waals surface area contributed by atoms with Gasteiger partial charge in [-0.05, 0) is 72.2 Å². The minimum Gasteiger partial charge on any atom is -0.133 e. The molecule has 0 saturated carbocycles. The van der Waals surface area contributed by atoms with E-state index in [2.05, 4.69) is 98.8 Å². The van der Waals surface area contributed by atoms with E-state index in [0.717, 1.165) is 0 Å². The van der Waals surface area contributed by atoms with E-state index in [1.807, 2.05) is 34.0 Å². The van der Waals surface area contributed by atoms with Crippen LogP contribution < -0.4 is 0 Å². The van der Waals surface area contributed by atoms with E-state index in [1.165, 1.54) is 115 Å². The van der Waals surface area contributed by atoms with Crippen molar-refractivity contribution < 1.29 is 0 Å². The fourth-order valence-corrected chi connectivity index (χ4v) is 8.84. The predicted octanol–water partition coefficient (Wildman–Crippen LogP) is 12.8. The van der Waals surface area contributed by atoms with Crippen LogP contribution >= 0.6 is 34.0 Å². The second kappa shape index (κ2) is 14.3. The predicted molar refractivity (Wildman–Crippen MR) is 182 cm³/mol. The molecular weight excluding hydrogens is 529 g/mol. The first-order valence-electron chi connectivity index (χ1n) is 14.7. The number of fused-ring (bicyclic) bond motifs is 3. The van der Waals surface area contributed by atoms with Crippen LogP contribution in [0.1, 0.15) is 97.2 Å². The molecule has 0 aliphatic carbocycles. The average molecular weight is 569 g/mol. The van der Waals surface area contributed by atoms with Crippen molar-refractivity contribution in [1.29, 1.82) is 0 Å². The molecule has 0 amide bonds. The van der Waals surface area contributed by atoms with Gasteiger partial charge in [-0.25, -0.2) is 0 Å². The number of hydrogen-bond donors (Lipinski definition) is 0. The fourth-order valence-electron chi connectivity index (χ4n) is 4.99. The Morgan fingerprint density at radius 3 is 1.33 bits per heavy atom. The van der Waals surface area contributed by atoms with Gasteiger partial charge in [-0.15, -0.1) is 34.0 Å². The van der Waals surface area contributed by atoms with E-state index in [-0.39, 0.29) is 0 Å². The second-order valence-corrected chi connectivity index (χ2v) is 13.8. The van der Waals surface area contributed by atoms with E-state index in [0.29, 0.717) is 0 Å². The van der Waals surface area contributed by atoms with Crippen LogP contribution in [0.4, 0.5) is 0 Å². The van der Waals surface area contributed by atoms with Crippen LogP contribution in [0.3, 0.4) is 0 Å². The Morgan fingerprint density at radius 2 is 0.923 bits per heavy atom. The summed E-state index contributed by atoms with van der Waals surface area (Å²) in [6.45, 7) is 4.54. The third-order valence-electron chi connectivity index (χ3n) is 7.34. The molecule has 5 aromatic rings. The van der Waals surface area contributed by atoms with Crippen molar-refractivity contribution in [2.45, 2.75) is 78.1 Å². The minimum atomic E-state index is 1.20. The summed E-state index contributed by atoms with van der Waals surface area (Å²) in [5.74, 6) is 0. The minimum absolute atomic E-state index is 1.20. The zero-order chi connectivity index (χ0) is 26.9. The number of unbranched alkanes of at least 4 members (excludes halogenated alkanes) is 6. The fraction of sp³-hybridized carbons (Fsp3) is 0.333. The van der Waals surface area contributed by atoms with E-state index < -0.39 is 0 Å². The molecule has 0 fully saturated rings. The van der Waals surface area contributed by atoms with Crippen LogP contribution in [0.2, 0.25) is 0 Å². The summed E-state index contributed by atoms with van der Waals surface area (Å²) in [6, 6.07) is 23.0. The Bertz CT molecular complexity index is 1390. The average Bonchev–Trinajstić information content (AvgIpc) is 3.63. The highest BCUT2D eigenvalue weighted by atomic mass is 32.1. The molecule has 0 N–H and O–H groups in total. The SMILES string of the molecule is CCCCCCc1ccc(/C=C/c2cc3sc4cc(/C=C/c5ccc(CCCCCC)cc5)sc4c3s2)cc1. The lowest BCUT2D eigenvalue weighted by Gasteiger charge is -2.01. The number of hydrogen-bond acceptors (Lipinski definition) is 3. The van der Waals surface area contributed by atoms with Crippen molar-refractivity contribution in [2.75, 3.05) is 0 Å². The number of rotatable bonds is 14. The van der Waals surface area contributed by atoms with Crippen molar-refractivity contribution in [2.24, 2.45) is 0 Å². The normalized spacial score (nSPS) is 12.2. The summed E-state index contributed by atoms with van der Waals surface area (Å²) in [5, 5.41) is 0. The van der Waals surface area contributed by atoms with Gasteiger partial charge in [-0.1, -0.05) is 113 Å². The summed E-state index contributed by atoms with van der Waals surface area (Å²) < 4.78 is 5.70. The van der Waals surface area contributed by atoms with Gasteiger partial charge in [0.1, 0.15) is 0 Å². The molecule has 3 aromatic heterocycles. The quantitative estimate of drug-likeness (QED) is 0.117. The zero-order valence-electron chi connectivity index (χ0n) is 23.4. The van der Waals surface area contributed by atoms with E-state index in [9.17, 15) is 0 Å². The van der Waals surface area contributed by atoms with Crippen LogP contribution in [0.25, 0.3) is 43.1 Å². The molecule has 0 nitrogen and oxygen atoms in total. The third kappa shape index (κ3) is 7.81. The van der Waals surface area contributed by atoms with Crippen molar-refractivity contribution in [3.8, 4) is 0 Å². The molecule has 5 rings (SSSR count). The van der Waals surface area contributed by atoms with Crippen molar-refractivity contribution in [1.82, 2.24) is 0 Å². The van der Waals surface area contributed by atoms with Gasteiger partial charge in [0.2, 0.25) is 0 Å². The molecule has 0 aliphatic rings. The molecule has 0 bridgehead atoms. The molecule has 0 spiro atoms. The molecule has 0 aliphatic heterocycles. The monoisotopic (exact) mass is 568 g/mol. The molecule has 0 atom stereocenters. The Hall–Kier alpha value is -2.46. The van der Waals surface area contributed by atoms with Crippen LogP contribution in [0.5, 0.6) is 0 Å². The van der Waals surface area contributed by atoms with Crippen LogP contribution in [-0.4, -0.2) is 0 Å². The van der Waals surface area contributed by atoms with Crippen LogP contribution in [0.15, 0.2) is 60.7 Å². The van der Waals surface area contributed by atoms with E-state index in [1.54, 1.807) is 0 Å². The number of thiophene rings is 3. The van der Waals surface area contributed by atoms with Crippen LogP contribution in [0, 0.1) is 0 Å². The smallest absolute Gasteiger partial charge is 0.0635 e. The van der Waals surface area contributed by atoms with Gasteiger partial charge >= 0.3 is 0 Å². The molecule has 0 unspecified atom stereocenters. The highest BCUT2D eigenvalue weighted by Crippen LogP contribution is 2.44. The van der Waals surface area contributed by atoms with Gasteiger partial charge in [0.05, 0.1) is 9.40 Å². The molecular formula is C36H40S3. The lowest BCUT2D eigenvalue weighted by atomic mass is 10.0. The summed E-state index contributed by atoms with van der Waals surface area (Å²) in [4.78, 5) is 2.67. The first-order chi connectivity index (χ1) is 19.2. The summed E-state index contributed by atoms with van der Waals surface area (Å²) >= 11 is 5.77. The van der Waals surface area contributed by atoms with Crippen molar-refractivity contribution in [3.05, 3.63) is 92.7 Å². The van der Waals surface area contributed by atoms with Gasteiger partial charge in [-0.2, -0.15) is 0 Å². The molecule has 2 aromatic carbocycles.